The van der Waals surface area contributed by atoms with Crippen molar-refractivity contribution in [2.75, 3.05) is 0 Å². The SMILES string of the molecule is CC(C)n1ccc2cc(CC(=O)O)ccc21. The van der Waals surface area contributed by atoms with Gasteiger partial charge in [-0.05, 0) is 43.0 Å². The van der Waals surface area contributed by atoms with Gasteiger partial charge in [0.05, 0.1) is 6.42 Å². The van der Waals surface area contributed by atoms with E-state index in [2.05, 4.69) is 18.4 Å². The lowest BCUT2D eigenvalue weighted by Crippen LogP contribution is -2.00. The van der Waals surface area contributed by atoms with Crippen molar-refractivity contribution in [3.05, 3.63) is 36.0 Å². The van der Waals surface area contributed by atoms with Gasteiger partial charge in [0.1, 0.15) is 0 Å². The summed E-state index contributed by atoms with van der Waals surface area (Å²) in [7, 11) is 0. The molecule has 1 heterocycles. The Balaban J connectivity index is 2.45. The fourth-order valence-corrected chi connectivity index (χ4v) is 1.95. The van der Waals surface area contributed by atoms with Gasteiger partial charge in [-0.3, -0.25) is 4.79 Å². The summed E-state index contributed by atoms with van der Waals surface area (Å²) in [4.78, 5) is 10.6. The highest BCUT2D eigenvalue weighted by atomic mass is 16.4. The van der Waals surface area contributed by atoms with E-state index in [1.165, 1.54) is 0 Å². The molecule has 1 aromatic carbocycles. The predicted octanol–water partition coefficient (Wildman–Crippen LogP) is 2.85. The Hall–Kier alpha value is -1.77. The Morgan fingerprint density at radius 2 is 2.12 bits per heavy atom. The maximum absolute atomic E-state index is 10.6. The molecule has 1 N–H and O–H groups in total. The molecule has 3 heteroatoms. The number of hydrogen-bond donors (Lipinski definition) is 1. The molecule has 0 unspecified atom stereocenters. The minimum Gasteiger partial charge on any atom is -0.481 e. The quantitative estimate of drug-likeness (QED) is 0.859. The molecule has 0 aliphatic carbocycles. The zero-order valence-corrected chi connectivity index (χ0v) is 9.47. The lowest BCUT2D eigenvalue weighted by molar-refractivity contribution is -0.136. The molecular formula is C13H15NO2. The zero-order chi connectivity index (χ0) is 11.7. The molecular weight excluding hydrogens is 202 g/mol. The Bertz CT molecular complexity index is 526. The number of hydrogen-bond acceptors (Lipinski definition) is 1. The molecule has 0 atom stereocenters. The van der Waals surface area contributed by atoms with Crippen LogP contribution in [0.2, 0.25) is 0 Å². The number of nitrogens with zero attached hydrogens (tertiary/aromatic N) is 1. The molecule has 2 aromatic rings. The third-order valence-electron chi connectivity index (χ3n) is 2.70. The van der Waals surface area contributed by atoms with Gasteiger partial charge in [-0.1, -0.05) is 6.07 Å². The summed E-state index contributed by atoms with van der Waals surface area (Å²) in [5.74, 6) is -0.789. The smallest absolute Gasteiger partial charge is 0.307 e. The second kappa shape index (κ2) is 4.00. The lowest BCUT2D eigenvalue weighted by Gasteiger charge is -2.09. The van der Waals surface area contributed by atoms with Crippen molar-refractivity contribution >= 4 is 16.9 Å². The van der Waals surface area contributed by atoms with Crippen molar-refractivity contribution in [2.24, 2.45) is 0 Å². The van der Waals surface area contributed by atoms with E-state index in [1.54, 1.807) is 0 Å². The number of rotatable bonds is 3. The fourth-order valence-electron chi connectivity index (χ4n) is 1.95. The van der Waals surface area contributed by atoms with Crippen LogP contribution in [0.1, 0.15) is 25.5 Å². The number of carbonyl (C=O) groups is 1. The minimum atomic E-state index is -0.789. The third-order valence-corrected chi connectivity index (χ3v) is 2.70. The number of carboxylic acids is 1. The second-order valence-electron chi connectivity index (χ2n) is 4.28. The summed E-state index contributed by atoms with van der Waals surface area (Å²) in [6.07, 6.45) is 2.13. The number of carboxylic acid groups (broad SMARTS) is 1. The van der Waals surface area contributed by atoms with Gasteiger partial charge in [0.25, 0.3) is 0 Å². The fraction of sp³-hybridized carbons (Fsp3) is 0.308. The van der Waals surface area contributed by atoms with Crippen LogP contribution in [0.3, 0.4) is 0 Å². The van der Waals surface area contributed by atoms with Crippen LogP contribution in [-0.4, -0.2) is 15.6 Å². The van der Waals surface area contributed by atoms with Gasteiger partial charge >= 0.3 is 5.97 Å². The monoisotopic (exact) mass is 217 g/mol. The van der Waals surface area contributed by atoms with Gasteiger partial charge in [0.15, 0.2) is 0 Å². The van der Waals surface area contributed by atoms with Gasteiger partial charge in [0.2, 0.25) is 0 Å². The third kappa shape index (κ3) is 1.94. The molecule has 0 aliphatic heterocycles. The highest BCUT2D eigenvalue weighted by molar-refractivity contribution is 5.82. The average Bonchev–Trinajstić information content (AvgIpc) is 2.59. The predicted molar refractivity (Wildman–Crippen MR) is 63.7 cm³/mol. The standard InChI is InChI=1S/C13H15NO2/c1-9(2)14-6-5-11-7-10(8-13(15)16)3-4-12(11)14/h3-7,9H,8H2,1-2H3,(H,15,16). The van der Waals surface area contributed by atoms with E-state index >= 15 is 0 Å². The summed E-state index contributed by atoms with van der Waals surface area (Å²) in [6, 6.07) is 8.27. The van der Waals surface area contributed by atoms with Gasteiger partial charge < -0.3 is 9.67 Å². The maximum atomic E-state index is 10.6. The molecule has 0 bridgehead atoms. The number of aromatic nitrogens is 1. The van der Waals surface area contributed by atoms with Crippen LogP contribution in [0, 0.1) is 0 Å². The Labute approximate surface area is 94.3 Å². The summed E-state index contributed by atoms with van der Waals surface area (Å²) in [6.45, 7) is 4.26. The van der Waals surface area contributed by atoms with Crippen LogP contribution < -0.4 is 0 Å². The molecule has 16 heavy (non-hydrogen) atoms. The Kier molecular flexibility index (Phi) is 2.69. The highest BCUT2D eigenvalue weighted by Crippen LogP contribution is 2.21. The van der Waals surface area contributed by atoms with Gasteiger partial charge in [-0.15, -0.1) is 0 Å². The molecule has 3 nitrogen and oxygen atoms in total. The first-order valence-electron chi connectivity index (χ1n) is 5.39. The van der Waals surface area contributed by atoms with E-state index in [9.17, 15) is 4.79 Å². The van der Waals surface area contributed by atoms with E-state index in [4.69, 9.17) is 5.11 Å². The van der Waals surface area contributed by atoms with Crippen LogP contribution in [0.5, 0.6) is 0 Å². The van der Waals surface area contributed by atoms with Gasteiger partial charge in [-0.25, -0.2) is 0 Å². The van der Waals surface area contributed by atoms with E-state index in [0.29, 0.717) is 6.04 Å². The van der Waals surface area contributed by atoms with Crippen molar-refractivity contribution in [1.29, 1.82) is 0 Å². The number of benzene rings is 1. The van der Waals surface area contributed by atoms with Gasteiger partial charge in [0, 0.05) is 17.8 Å². The summed E-state index contributed by atoms with van der Waals surface area (Å²) in [5, 5.41) is 9.83. The molecule has 0 saturated carbocycles. The molecule has 0 saturated heterocycles. The van der Waals surface area contributed by atoms with Crippen molar-refractivity contribution in [3.8, 4) is 0 Å². The normalized spacial score (nSPS) is 11.2. The Morgan fingerprint density at radius 1 is 1.38 bits per heavy atom. The summed E-state index contributed by atoms with van der Waals surface area (Å²) >= 11 is 0. The molecule has 0 amide bonds. The summed E-state index contributed by atoms with van der Waals surface area (Å²) in [5.41, 5.74) is 2.01. The summed E-state index contributed by atoms with van der Waals surface area (Å²) < 4.78 is 2.18. The first-order valence-corrected chi connectivity index (χ1v) is 5.39. The van der Waals surface area contributed by atoms with E-state index in [0.717, 1.165) is 16.5 Å². The maximum Gasteiger partial charge on any atom is 0.307 e. The first-order chi connectivity index (χ1) is 7.58. The van der Waals surface area contributed by atoms with Crippen LogP contribution in [0.15, 0.2) is 30.5 Å². The lowest BCUT2D eigenvalue weighted by atomic mass is 10.1. The largest absolute Gasteiger partial charge is 0.481 e. The first kappa shape index (κ1) is 10.7. The van der Waals surface area contributed by atoms with Gasteiger partial charge in [-0.2, -0.15) is 0 Å². The van der Waals surface area contributed by atoms with E-state index < -0.39 is 5.97 Å². The van der Waals surface area contributed by atoms with Crippen LogP contribution in [-0.2, 0) is 11.2 Å². The molecule has 0 radical (unpaired) electrons. The van der Waals surface area contributed by atoms with Crippen molar-refractivity contribution in [3.63, 3.8) is 0 Å². The molecule has 0 spiro atoms. The van der Waals surface area contributed by atoms with Crippen LogP contribution in [0.4, 0.5) is 0 Å². The van der Waals surface area contributed by atoms with E-state index in [-0.39, 0.29) is 6.42 Å². The second-order valence-corrected chi connectivity index (χ2v) is 4.28. The molecule has 84 valence electrons. The molecule has 2 rings (SSSR count). The van der Waals surface area contributed by atoms with Crippen LogP contribution in [0.25, 0.3) is 10.9 Å². The van der Waals surface area contributed by atoms with Crippen molar-refractivity contribution < 1.29 is 9.90 Å². The minimum absolute atomic E-state index is 0.0861. The molecule has 1 aromatic heterocycles. The topological polar surface area (TPSA) is 42.2 Å². The number of fused-ring (bicyclic) bond motifs is 1. The Morgan fingerprint density at radius 3 is 2.75 bits per heavy atom. The van der Waals surface area contributed by atoms with Crippen molar-refractivity contribution in [1.82, 2.24) is 4.57 Å². The highest BCUT2D eigenvalue weighted by Gasteiger charge is 2.06. The molecule has 0 fully saturated rings. The molecule has 0 aliphatic rings. The van der Waals surface area contributed by atoms with Crippen LogP contribution >= 0.6 is 0 Å². The zero-order valence-electron chi connectivity index (χ0n) is 9.47. The van der Waals surface area contributed by atoms with E-state index in [1.807, 2.05) is 30.5 Å². The average molecular weight is 217 g/mol. The number of aliphatic carboxylic acids is 1. The van der Waals surface area contributed by atoms with Crippen molar-refractivity contribution in [2.45, 2.75) is 26.3 Å².